The maximum atomic E-state index is 11.8. The SMILES string of the molecule is CC(C)CON(C)C(=O)Cc1cccnc1Cl. The highest BCUT2D eigenvalue weighted by Gasteiger charge is 2.13. The topological polar surface area (TPSA) is 42.4 Å². The third-order valence-electron chi connectivity index (χ3n) is 2.13. The summed E-state index contributed by atoms with van der Waals surface area (Å²) in [4.78, 5) is 21.0. The normalized spacial score (nSPS) is 10.6. The fourth-order valence-corrected chi connectivity index (χ4v) is 1.34. The van der Waals surface area contributed by atoms with Crippen LogP contribution in [0.2, 0.25) is 5.15 Å². The first kappa shape index (κ1) is 13.9. The zero-order valence-corrected chi connectivity index (χ0v) is 11.1. The average molecular weight is 257 g/mol. The molecule has 5 heteroatoms. The first-order chi connectivity index (χ1) is 8.00. The Morgan fingerprint density at radius 3 is 2.88 bits per heavy atom. The summed E-state index contributed by atoms with van der Waals surface area (Å²) in [5.41, 5.74) is 0.708. The van der Waals surface area contributed by atoms with Crippen molar-refractivity contribution < 1.29 is 9.63 Å². The molecule has 1 amide bonds. The van der Waals surface area contributed by atoms with Gasteiger partial charge in [-0.1, -0.05) is 31.5 Å². The molecule has 0 spiro atoms. The number of carbonyl (C=O) groups is 1. The smallest absolute Gasteiger partial charge is 0.250 e. The second-order valence-electron chi connectivity index (χ2n) is 4.21. The standard InChI is InChI=1S/C12H17ClN2O2/c1-9(2)8-17-15(3)11(16)7-10-5-4-6-14-12(10)13/h4-6,9H,7-8H2,1-3H3. The van der Waals surface area contributed by atoms with Crippen LogP contribution in [0.15, 0.2) is 18.3 Å². The number of amides is 1. The van der Waals surface area contributed by atoms with Gasteiger partial charge in [0.2, 0.25) is 5.91 Å². The van der Waals surface area contributed by atoms with Crippen LogP contribution in [-0.4, -0.2) is 29.6 Å². The number of aromatic nitrogens is 1. The fraction of sp³-hybridized carbons (Fsp3) is 0.500. The first-order valence-corrected chi connectivity index (χ1v) is 5.87. The van der Waals surface area contributed by atoms with Crippen LogP contribution >= 0.6 is 11.6 Å². The van der Waals surface area contributed by atoms with Crippen molar-refractivity contribution >= 4 is 17.5 Å². The van der Waals surface area contributed by atoms with Crippen LogP contribution in [0.1, 0.15) is 19.4 Å². The summed E-state index contributed by atoms with van der Waals surface area (Å²) in [7, 11) is 1.61. The molecule has 17 heavy (non-hydrogen) atoms. The zero-order chi connectivity index (χ0) is 12.8. The number of rotatable bonds is 5. The summed E-state index contributed by atoms with van der Waals surface area (Å²) >= 11 is 5.88. The third kappa shape index (κ3) is 4.71. The number of hydrogen-bond acceptors (Lipinski definition) is 3. The van der Waals surface area contributed by atoms with Gasteiger partial charge in [0.1, 0.15) is 5.15 Å². The number of hydrogen-bond donors (Lipinski definition) is 0. The maximum absolute atomic E-state index is 11.8. The Hall–Kier alpha value is -1.13. The van der Waals surface area contributed by atoms with Crippen molar-refractivity contribution in [3.05, 3.63) is 29.0 Å². The Kier molecular flexibility index (Phi) is 5.38. The van der Waals surface area contributed by atoms with Gasteiger partial charge in [-0.25, -0.2) is 10.0 Å². The second-order valence-corrected chi connectivity index (χ2v) is 4.57. The van der Waals surface area contributed by atoms with E-state index in [1.54, 1.807) is 25.4 Å². The molecule has 0 saturated carbocycles. The minimum Gasteiger partial charge on any atom is -0.272 e. The molecule has 0 aromatic carbocycles. The molecule has 1 aromatic heterocycles. The van der Waals surface area contributed by atoms with Crippen molar-refractivity contribution in [2.45, 2.75) is 20.3 Å². The van der Waals surface area contributed by atoms with Crippen LogP contribution in [-0.2, 0) is 16.1 Å². The number of likely N-dealkylation sites (N-methyl/N-ethyl adjacent to an activating group) is 1. The van der Waals surface area contributed by atoms with Crippen LogP contribution in [0.5, 0.6) is 0 Å². The largest absolute Gasteiger partial charge is 0.272 e. The monoisotopic (exact) mass is 256 g/mol. The Bertz CT molecular complexity index is 383. The van der Waals surface area contributed by atoms with Crippen LogP contribution in [0, 0.1) is 5.92 Å². The van der Waals surface area contributed by atoms with E-state index in [1.165, 1.54) is 5.06 Å². The molecule has 94 valence electrons. The highest BCUT2D eigenvalue weighted by molar-refractivity contribution is 6.30. The molecule has 0 N–H and O–H groups in total. The van der Waals surface area contributed by atoms with Gasteiger partial charge < -0.3 is 0 Å². The predicted octanol–water partition coefficient (Wildman–Crippen LogP) is 2.32. The minimum atomic E-state index is -0.138. The molecule has 0 aliphatic rings. The lowest BCUT2D eigenvalue weighted by Crippen LogP contribution is -2.30. The van der Waals surface area contributed by atoms with Gasteiger partial charge in [-0.3, -0.25) is 9.63 Å². The van der Waals surface area contributed by atoms with E-state index < -0.39 is 0 Å². The summed E-state index contributed by atoms with van der Waals surface area (Å²) in [6.07, 6.45) is 1.79. The summed E-state index contributed by atoms with van der Waals surface area (Å²) < 4.78 is 0. The van der Waals surface area contributed by atoms with E-state index in [-0.39, 0.29) is 12.3 Å². The van der Waals surface area contributed by atoms with E-state index in [0.29, 0.717) is 23.2 Å². The van der Waals surface area contributed by atoms with Crippen molar-refractivity contribution in [3.8, 4) is 0 Å². The van der Waals surface area contributed by atoms with Gasteiger partial charge in [0.05, 0.1) is 13.0 Å². The molecule has 0 fully saturated rings. The average Bonchev–Trinajstić information content (AvgIpc) is 2.28. The van der Waals surface area contributed by atoms with Crippen LogP contribution in [0.25, 0.3) is 0 Å². The molecule has 1 aromatic rings. The van der Waals surface area contributed by atoms with Crippen molar-refractivity contribution in [2.75, 3.05) is 13.7 Å². The second kappa shape index (κ2) is 6.57. The van der Waals surface area contributed by atoms with Crippen LogP contribution < -0.4 is 0 Å². The van der Waals surface area contributed by atoms with Gasteiger partial charge in [-0.2, -0.15) is 0 Å². The first-order valence-electron chi connectivity index (χ1n) is 5.49. The van der Waals surface area contributed by atoms with Gasteiger partial charge in [0.15, 0.2) is 0 Å². The Morgan fingerprint density at radius 1 is 1.59 bits per heavy atom. The molecule has 0 radical (unpaired) electrons. The summed E-state index contributed by atoms with van der Waals surface area (Å²) in [6, 6.07) is 3.53. The molecule has 0 atom stereocenters. The summed E-state index contributed by atoms with van der Waals surface area (Å²) in [5.74, 6) is 0.243. The van der Waals surface area contributed by atoms with Gasteiger partial charge >= 0.3 is 0 Å². The quantitative estimate of drug-likeness (QED) is 0.600. The molecular formula is C12H17ClN2O2. The van der Waals surface area contributed by atoms with E-state index in [1.807, 2.05) is 13.8 Å². The van der Waals surface area contributed by atoms with E-state index >= 15 is 0 Å². The lowest BCUT2D eigenvalue weighted by Gasteiger charge is -2.18. The Balaban J connectivity index is 2.52. The minimum absolute atomic E-state index is 0.138. The van der Waals surface area contributed by atoms with Crippen LogP contribution in [0.4, 0.5) is 0 Å². The van der Waals surface area contributed by atoms with Crippen molar-refractivity contribution in [3.63, 3.8) is 0 Å². The number of pyridine rings is 1. The molecule has 1 heterocycles. The van der Waals surface area contributed by atoms with Crippen molar-refractivity contribution in [1.82, 2.24) is 10.0 Å². The molecule has 0 unspecified atom stereocenters. The molecule has 0 aliphatic heterocycles. The highest BCUT2D eigenvalue weighted by Crippen LogP contribution is 2.13. The molecule has 0 bridgehead atoms. The van der Waals surface area contributed by atoms with Crippen molar-refractivity contribution in [1.29, 1.82) is 0 Å². The van der Waals surface area contributed by atoms with Gasteiger partial charge in [-0.05, 0) is 17.5 Å². The fourth-order valence-electron chi connectivity index (χ4n) is 1.16. The maximum Gasteiger partial charge on any atom is 0.250 e. The Morgan fingerprint density at radius 2 is 2.29 bits per heavy atom. The highest BCUT2D eigenvalue weighted by atomic mass is 35.5. The molecule has 0 saturated heterocycles. The van der Waals surface area contributed by atoms with Crippen molar-refractivity contribution in [2.24, 2.45) is 5.92 Å². The molecule has 1 rings (SSSR count). The predicted molar refractivity (Wildman–Crippen MR) is 66.5 cm³/mol. The molecule has 4 nitrogen and oxygen atoms in total. The van der Waals surface area contributed by atoms with Gasteiger partial charge in [0.25, 0.3) is 0 Å². The van der Waals surface area contributed by atoms with Crippen LogP contribution in [0.3, 0.4) is 0 Å². The summed E-state index contributed by atoms with van der Waals surface area (Å²) in [5, 5.41) is 1.61. The number of halogens is 1. The number of carbonyl (C=O) groups excluding carboxylic acids is 1. The molecular weight excluding hydrogens is 240 g/mol. The van der Waals surface area contributed by atoms with E-state index in [2.05, 4.69) is 4.98 Å². The number of hydroxylamine groups is 2. The van der Waals surface area contributed by atoms with E-state index in [0.717, 1.165) is 0 Å². The van der Waals surface area contributed by atoms with E-state index in [9.17, 15) is 4.79 Å². The number of nitrogens with zero attached hydrogens (tertiary/aromatic N) is 2. The van der Waals surface area contributed by atoms with Gasteiger partial charge in [0, 0.05) is 13.2 Å². The lowest BCUT2D eigenvalue weighted by molar-refractivity contribution is -0.180. The van der Waals surface area contributed by atoms with E-state index in [4.69, 9.17) is 16.4 Å². The zero-order valence-electron chi connectivity index (χ0n) is 10.3. The lowest BCUT2D eigenvalue weighted by atomic mass is 10.2. The van der Waals surface area contributed by atoms with Gasteiger partial charge in [-0.15, -0.1) is 0 Å². The molecule has 0 aliphatic carbocycles. The summed E-state index contributed by atoms with van der Waals surface area (Å²) in [6.45, 7) is 4.57. The third-order valence-corrected chi connectivity index (χ3v) is 2.47. The Labute approximate surface area is 106 Å².